The third kappa shape index (κ3) is 3.16. The smallest absolute Gasteiger partial charge is 0.545 e. The Hall–Kier alpha value is 0.606. The summed E-state index contributed by atoms with van der Waals surface area (Å²) in [6, 6.07) is 4.58. The molecule has 0 saturated heterocycles. The normalized spacial score (nSPS) is 8.75. The zero-order valence-electron chi connectivity index (χ0n) is 6.50. The Balaban J connectivity index is 0.00000121. The predicted octanol–water partition coefficient (Wildman–Crippen LogP) is -2.60. The molecule has 1 aromatic rings. The van der Waals surface area contributed by atoms with E-state index < -0.39 is 5.97 Å². The maximum absolute atomic E-state index is 10.4. The zero-order valence-corrected chi connectivity index (χ0v) is 11.2. The first-order valence-corrected chi connectivity index (χ1v) is 3.67. The fraction of sp³-hybridized carbons (Fsp3) is 0. The Morgan fingerprint density at radius 3 is 2.50 bits per heavy atom. The molecule has 0 aromatic heterocycles. The van der Waals surface area contributed by atoms with E-state index in [1.54, 1.807) is 6.07 Å². The Morgan fingerprint density at radius 2 is 2.08 bits per heavy atom. The minimum atomic E-state index is -1.26. The number of rotatable bonds is 1. The van der Waals surface area contributed by atoms with Crippen molar-refractivity contribution in [2.75, 3.05) is 5.73 Å². The second-order valence-corrected chi connectivity index (χ2v) is 2.93. The monoisotopic (exact) mass is 253 g/mol. The number of carboxylic acid groups (broad SMARTS) is 1. The third-order valence-corrected chi connectivity index (χ3v) is 1.73. The maximum atomic E-state index is 10.4. The fourth-order valence-electron chi connectivity index (χ4n) is 0.705. The number of nitrogen functional groups attached to an aromatic ring is 1. The summed E-state index contributed by atoms with van der Waals surface area (Å²) in [5.41, 5.74) is 5.58. The Kier molecular flexibility index (Phi) is 5.63. The summed E-state index contributed by atoms with van der Waals surface area (Å²) in [6.07, 6.45) is 0. The van der Waals surface area contributed by atoms with Crippen LogP contribution in [0.3, 0.4) is 0 Å². The van der Waals surface area contributed by atoms with Crippen LogP contribution in [0.2, 0.25) is 0 Å². The van der Waals surface area contributed by atoms with Crippen molar-refractivity contribution >= 4 is 27.6 Å². The molecule has 0 heterocycles. The number of carbonyl (C=O) groups excluding carboxylic acids is 1. The van der Waals surface area contributed by atoms with Crippen LogP contribution in [0.15, 0.2) is 22.7 Å². The van der Waals surface area contributed by atoms with Crippen LogP contribution >= 0.6 is 15.9 Å². The summed E-state index contributed by atoms with van der Waals surface area (Å²) in [5.74, 6) is -1.26. The van der Waals surface area contributed by atoms with E-state index in [0.717, 1.165) is 0 Å². The van der Waals surface area contributed by atoms with Crippen LogP contribution in [0.25, 0.3) is 0 Å². The molecule has 0 spiro atoms. The summed E-state index contributed by atoms with van der Waals surface area (Å²) >= 11 is 3.12. The maximum Gasteiger partial charge on any atom is 1.00 e. The van der Waals surface area contributed by atoms with Crippen LogP contribution in [-0.4, -0.2) is 5.97 Å². The molecular weight excluding hydrogens is 249 g/mol. The van der Waals surface area contributed by atoms with Gasteiger partial charge in [-0.05, 0) is 18.2 Å². The molecule has 5 heteroatoms. The third-order valence-electron chi connectivity index (χ3n) is 1.24. The van der Waals surface area contributed by atoms with Gasteiger partial charge in [-0.1, -0.05) is 15.9 Å². The molecular formula is C7H5BrKNO2. The standard InChI is InChI=1S/C7H6BrNO2.K/c8-4-1-2-6(9)5(3-4)7(10)11;/h1-3H,9H2,(H,10,11);/q;+1/p-1. The van der Waals surface area contributed by atoms with Crippen molar-refractivity contribution in [1.29, 1.82) is 0 Å². The minimum absolute atomic E-state index is 0. The number of nitrogens with two attached hydrogens (primary N) is 1. The number of carbonyl (C=O) groups is 1. The molecule has 0 atom stereocenters. The Morgan fingerprint density at radius 1 is 1.50 bits per heavy atom. The Bertz CT molecular complexity index is 303. The molecule has 0 amide bonds. The molecule has 1 aromatic carbocycles. The predicted molar refractivity (Wildman–Crippen MR) is 42.9 cm³/mol. The molecule has 0 aliphatic heterocycles. The van der Waals surface area contributed by atoms with Crippen molar-refractivity contribution in [2.45, 2.75) is 0 Å². The first-order valence-electron chi connectivity index (χ1n) is 2.87. The summed E-state index contributed by atoms with van der Waals surface area (Å²) in [5, 5.41) is 10.4. The van der Waals surface area contributed by atoms with E-state index in [1.165, 1.54) is 12.1 Å². The van der Waals surface area contributed by atoms with Crippen LogP contribution in [0.1, 0.15) is 10.4 Å². The Labute approximate surface area is 121 Å². The summed E-state index contributed by atoms with van der Waals surface area (Å²) in [4.78, 5) is 10.4. The van der Waals surface area contributed by atoms with Gasteiger partial charge in [0.05, 0.1) is 5.97 Å². The fourth-order valence-corrected chi connectivity index (χ4v) is 1.07. The van der Waals surface area contributed by atoms with Crippen molar-refractivity contribution in [3.05, 3.63) is 28.2 Å². The molecule has 0 radical (unpaired) electrons. The summed E-state index contributed by atoms with van der Waals surface area (Å²) in [7, 11) is 0. The van der Waals surface area contributed by atoms with Gasteiger partial charge in [0.1, 0.15) is 0 Å². The minimum Gasteiger partial charge on any atom is -0.545 e. The van der Waals surface area contributed by atoms with Crippen LogP contribution in [0, 0.1) is 0 Å². The van der Waals surface area contributed by atoms with Crippen LogP contribution in [0.4, 0.5) is 5.69 Å². The number of carboxylic acids is 1. The summed E-state index contributed by atoms with van der Waals surface area (Å²) < 4.78 is 0.672. The van der Waals surface area contributed by atoms with Gasteiger partial charge in [-0.3, -0.25) is 0 Å². The van der Waals surface area contributed by atoms with Gasteiger partial charge in [-0.15, -0.1) is 0 Å². The van der Waals surface area contributed by atoms with Crippen molar-refractivity contribution < 1.29 is 61.3 Å². The quantitative estimate of drug-likeness (QED) is 0.441. The molecule has 0 fully saturated rings. The average molecular weight is 254 g/mol. The van der Waals surface area contributed by atoms with Gasteiger partial charge in [0, 0.05) is 15.7 Å². The number of anilines is 1. The van der Waals surface area contributed by atoms with Crippen LogP contribution in [0.5, 0.6) is 0 Å². The van der Waals surface area contributed by atoms with Gasteiger partial charge in [0.25, 0.3) is 0 Å². The number of aromatic carboxylic acids is 1. The van der Waals surface area contributed by atoms with E-state index in [9.17, 15) is 9.90 Å². The second kappa shape index (κ2) is 5.36. The van der Waals surface area contributed by atoms with Crippen LogP contribution in [-0.2, 0) is 0 Å². The number of hydrogen-bond acceptors (Lipinski definition) is 3. The molecule has 0 saturated carbocycles. The molecule has 0 aliphatic carbocycles. The van der Waals surface area contributed by atoms with Gasteiger partial charge < -0.3 is 15.6 Å². The number of halogens is 1. The van der Waals surface area contributed by atoms with E-state index >= 15 is 0 Å². The van der Waals surface area contributed by atoms with Gasteiger partial charge in [0.2, 0.25) is 0 Å². The summed E-state index contributed by atoms with van der Waals surface area (Å²) in [6.45, 7) is 0. The number of benzene rings is 1. The van der Waals surface area contributed by atoms with E-state index in [1.807, 2.05) is 0 Å². The van der Waals surface area contributed by atoms with Crippen molar-refractivity contribution in [3.8, 4) is 0 Å². The van der Waals surface area contributed by atoms with Gasteiger partial charge in [-0.25, -0.2) is 0 Å². The van der Waals surface area contributed by atoms with Crippen molar-refractivity contribution in [3.63, 3.8) is 0 Å². The SMILES string of the molecule is Nc1ccc(Br)cc1C(=O)[O-].[K+]. The molecule has 1 rings (SSSR count). The van der Waals surface area contributed by atoms with Crippen molar-refractivity contribution in [1.82, 2.24) is 0 Å². The van der Waals surface area contributed by atoms with Gasteiger partial charge in [-0.2, -0.15) is 0 Å². The topological polar surface area (TPSA) is 66.2 Å². The molecule has 0 aliphatic rings. The van der Waals surface area contributed by atoms with Crippen molar-refractivity contribution in [2.24, 2.45) is 0 Å². The number of hydrogen-bond donors (Lipinski definition) is 1. The molecule has 2 N–H and O–H groups in total. The van der Waals surface area contributed by atoms with E-state index in [4.69, 9.17) is 5.73 Å². The van der Waals surface area contributed by atoms with Gasteiger partial charge >= 0.3 is 51.4 Å². The van der Waals surface area contributed by atoms with E-state index in [0.29, 0.717) is 4.47 Å². The van der Waals surface area contributed by atoms with Crippen LogP contribution < -0.4 is 62.2 Å². The van der Waals surface area contributed by atoms with E-state index in [2.05, 4.69) is 15.9 Å². The molecule has 0 bridgehead atoms. The van der Waals surface area contributed by atoms with Gasteiger partial charge in [0.15, 0.2) is 0 Å². The zero-order chi connectivity index (χ0) is 8.43. The molecule has 0 unspecified atom stereocenters. The molecule has 58 valence electrons. The first-order chi connectivity index (χ1) is 5.11. The first kappa shape index (κ1) is 12.6. The largest absolute Gasteiger partial charge is 1.00 e. The second-order valence-electron chi connectivity index (χ2n) is 2.02. The molecule has 3 nitrogen and oxygen atoms in total. The molecule has 12 heavy (non-hydrogen) atoms. The average Bonchev–Trinajstić information content (AvgIpc) is 1.94. The van der Waals surface area contributed by atoms with E-state index in [-0.39, 0.29) is 62.6 Å².